The third-order valence-corrected chi connectivity index (χ3v) is 5.00. The Morgan fingerprint density at radius 3 is 2.50 bits per heavy atom. The van der Waals surface area contributed by atoms with Crippen LogP contribution in [0.2, 0.25) is 0 Å². The number of carbonyl (C=O) groups excluding carboxylic acids is 1. The summed E-state index contributed by atoms with van der Waals surface area (Å²) in [6.07, 6.45) is 0.421. The zero-order valence-electron chi connectivity index (χ0n) is 16.1. The van der Waals surface area contributed by atoms with E-state index in [1.165, 1.54) is 0 Å². The van der Waals surface area contributed by atoms with Crippen molar-refractivity contribution < 1.29 is 9.53 Å². The maximum atomic E-state index is 12.4. The molecule has 0 spiro atoms. The van der Waals surface area contributed by atoms with Gasteiger partial charge in [-0.1, -0.05) is 36.4 Å². The predicted molar refractivity (Wildman–Crippen MR) is 107 cm³/mol. The van der Waals surface area contributed by atoms with E-state index in [-0.39, 0.29) is 23.8 Å². The number of nitrogens with one attached hydrogen (secondary N) is 2. The van der Waals surface area contributed by atoms with E-state index in [1.54, 1.807) is 0 Å². The van der Waals surface area contributed by atoms with Crippen LogP contribution < -0.4 is 10.6 Å². The number of urea groups is 1. The van der Waals surface area contributed by atoms with Gasteiger partial charge >= 0.3 is 6.03 Å². The molecule has 2 N–H and O–H groups in total. The van der Waals surface area contributed by atoms with Crippen LogP contribution >= 0.6 is 0 Å². The lowest BCUT2D eigenvalue weighted by atomic mass is 10.00. The van der Waals surface area contributed by atoms with Crippen LogP contribution in [-0.2, 0) is 4.74 Å². The van der Waals surface area contributed by atoms with Gasteiger partial charge < -0.3 is 15.4 Å². The number of ether oxygens (including phenoxy) is 1. The average Bonchev–Trinajstić information content (AvgIpc) is 2.60. The first-order valence-electron chi connectivity index (χ1n) is 9.28. The van der Waals surface area contributed by atoms with Gasteiger partial charge in [0.2, 0.25) is 0 Å². The first-order chi connectivity index (χ1) is 12.3. The zero-order valence-corrected chi connectivity index (χ0v) is 16.1. The molecule has 1 aliphatic heterocycles. The van der Waals surface area contributed by atoms with Gasteiger partial charge in [-0.05, 0) is 39.1 Å². The Morgan fingerprint density at radius 1 is 1.12 bits per heavy atom. The molecule has 0 unspecified atom stereocenters. The summed E-state index contributed by atoms with van der Waals surface area (Å²) in [4.78, 5) is 14.8. The number of rotatable bonds is 4. The van der Waals surface area contributed by atoms with E-state index in [4.69, 9.17) is 4.74 Å². The highest BCUT2D eigenvalue weighted by molar-refractivity contribution is 6.01. The Balaban J connectivity index is 1.61. The van der Waals surface area contributed by atoms with Crippen LogP contribution in [0.1, 0.15) is 27.7 Å². The van der Waals surface area contributed by atoms with Crippen molar-refractivity contribution in [3.05, 3.63) is 42.5 Å². The van der Waals surface area contributed by atoms with Gasteiger partial charge in [0.25, 0.3) is 0 Å². The molecule has 3 rings (SSSR count). The predicted octanol–water partition coefficient (Wildman–Crippen LogP) is 3.85. The van der Waals surface area contributed by atoms with Gasteiger partial charge in [-0.3, -0.25) is 4.90 Å². The summed E-state index contributed by atoms with van der Waals surface area (Å²) >= 11 is 0. The molecule has 0 radical (unpaired) electrons. The molecule has 1 saturated heterocycles. The van der Waals surface area contributed by atoms with Crippen LogP contribution in [0.5, 0.6) is 0 Å². The minimum absolute atomic E-state index is 0.137. The number of hydrogen-bond acceptors (Lipinski definition) is 3. The van der Waals surface area contributed by atoms with E-state index in [0.29, 0.717) is 6.54 Å². The Morgan fingerprint density at radius 2 is 1.77 bits per heavy atom. The number of morpholine rings is 1. The molecule has 1 aliphatic rings. The lowest BCUT2D eigenvalue weighted by molar-refractivity contribution is -0.0947. The largest absolute Gasteiger partial charge is 0.373 e. The molecule has 140 valence electrons. The molecule has 1 fully saturated rings. The fourth-order valence-corrected chi connectivity index (χ4v) is 3.58. The standard InChI is InChI=1S/C21H29N3O2/c1-15-12-24(13-16(2)26-15)21(3,4)14-22-20(25)23-19-11-7-9-17-8-5-6-10-18(17)19/h5-11,15-16H,12-14H2,1-4H3,(H2,22,23,25)/t15-,16+. The second kappa shape index (κ2) is 7.64. The first kappa shape index (κ1) is 18.7. The number of benzene rings is 2. The van der Waals surface area contributed by atoms with Gasteiger partial charge in [-0.25, -0.2) is 4.79 Å². The van der Waals surface area contributed by atoms with E-state index in [0.717, 1.165) is 29.5 Å². The third kappa shape index (κ3) is 4.34. The van der Waals surface area contributed by atoms with Gasteiger partial charge in [-0.2, -0.15) is 0 Å². The minimum Gasteiger partial charge on any atom is -0.373 e. The Labute approximate surface area is 155 Å². The summed E-state index contributed by atoms with van der Waals surface area (Å²) in [6.45, 7) is 10.8. The number of amides is 2. The van der Waals surface area contributed by atoms with Crippen LogP contribution in [0.25, 0.3) is 10.8 Å². The second-order valence-electron chi connectivity index (χ2n) is 7.81. The van der Waals surface area contributed by atoms with Gasteiger partial charge in [0.1, 0.15) is 0 Å². The summed E-state index contributed by atoms with van der Waals surface area (Å²) in [5.74, 6) is 0. The fraction of sp³-hybridized carbons (Fsp3) is 0.476. The van der Waals surface area contributed by atoms with Crippen LogP contribution in [0.15, 0.2) is 42.5 Å². The van der Waals surface area contributed by atoms with Crippen molar-refractivity contribution in [2.75, 3.05) is 25.0 Å². The number of nitrogens with zero attached hydrogens (tertiary/aromatic N) is 1. The fourth-order valence-electron chi connectivity index (χ4n) is 3.58. The molecule has 2 amide bonds. The summed E-state index contributed by atoms with van der Waals surface area (Å²) in [7, 11) is 0. The molecule has 0 saturated carbocycles. The second-order valence-corrected chi connectivity index (χ2v) is 7.81. The molecule has 2 aromatic carbocycles. The van der Waals surface area contributed by atoms with E-state index in [1.807, 2.05) is 42.5 Å². The maximum absolute atomic E-state index is 12.4. The van der Waals surface area contributed by atoms with Crippen LogP contribution in [0.3, 0.4) is 0 Å². The van der Waals surface area contributed by atoms with Crippen molar-refractivity contribution in [3.63, 3.8) is 0 Å². The van der Waals surface area contributed by atoms with Gasteiger partial charge in [0.05, 0.1) is 17.9 Å². The lowest BCUT2D eigenvalue weighted by Gasteiger charge is -2.45. The third-order valence-electron chi connectivity index (χ3n) is 5.00. The van der Waals surface area contributed by atoms with Crippen LogP contribution in [0.4, 0.5) is 10.5 Å². The minimum atomic E-state index is -0.177. The highest BCUT2D eigenvalue weighted by Crippen LogP contribution is 2.23. The molecular weight excluding hydrogens is 326 g/mol. The molecule has 2 atom stereocenters. The van der Waals surface area contributed by atoms with Gasteiger partial charge in [0, 0.05) is 30.6 Å². The lowest BCUT2D eigenvalue weighted by Crippen LogP contribution is -2.58. The summed E-state index contributed by atoms with van der Waals surface area (Å²) in [5, 5.41) is 8.17. The monoisotopic (exact) mass is 355 g/mol. The summed E-state index contributed by atoms with van der Waals surface area (Å²) < 4.78 is 5.82. The molecule has 0 bridgehead atoms. The molecule has 2 aromatic rings. The normalized spacial score (nSPS) is 21.5. The molecule has 0 aromatic heterocycles. The van der Waals surface area contributed by atoms with Crippen LogP contribution in [-0.4, -0.2) is 48.3 Å². The van der Waals surface area contributed by atoms with Crippen molar-refractivity contribution in [2.45, 2.75) is 45.4 Å². The quantitative estimate of drug-likeness (QED) is 0.876. The highest BCUT2D eigenvalue weighted by atomic mass is 16.5. The van der Waals surface area contributed by atoms with Gasteiger partial charge in [-0.15, -0.1) is 0 Å². The Bertz CT molecular complexity index is 759. The van der Waals surface area contributed by atoms with E-state index in [9.17, 15) is 4.79 Å². The number of fused-ring (bicyclic) bond motifs is 1. The molecule has 0 aliphatic carbocycles. The Hall–Kier alpha value is -2.11. The zero-order chi connectivity index (χ0) is 18.7. The van der Waals surface area contributed by atoms with Gasteiger partial charge in [0.15, 0.2) is 0 Å². The average molecular weight is 355 g/mol. The first-order valence-corrected chi connectivity index (χ1v) is 9.28. The SMILES string of the molecule is C[C@@H]1CN(C(C)(C)CNC(=O)Nc2cccc3ccccc23)C[C@H](C)O1. The number of anilines is 1. The molecule has 5 nitrogen and oxygen atoms in total. The van der Waals surface area contributed by atoms with Crippen molar-refractivity contribution in [1.82, 2.24) is 10.2 Å². The molecule has 5 heteroatoms. The molecule has 1 heterocycles. The van der Waals surface area contributed by atoms with Crippen molar-refractivity contribution in [2.24, 2.45) is 0 Å². The van der Waals surface area contributed by atoms with Crippen LogP contribution in [0, 0.1) is 0 Å². The van der Waals surface area contributed by atoms with Crippen molar-refractivity contribution in [1.29, 1.82) is 0 Å². The summed E-state index contributed by atoms with van der Waals surface area (Å²) in [5.41, 5.74) is 0.689. The maximum Gasteiger partial charge on any atom is 0.319 e. The van der Waals surface area contributed by atoms with E-state index in [2.05, 4.69) is 43.2 Å². The van der Waals surface area contributed by atoms with E-state index < -0.39 is 0 Å². The topological polar surface area (TPSA) is 53.6 Å². The number of hydrogen-bond donors (Lipinski definition) is 2. The number of carbonyl (C=O) groups is 1. The highest BCUT2D eigenvalue weighted by Gasteiger charge is 2.33. The van der Waals surface area contributed by atoms with E-state index >= 15 is 0 Å². The van der Waals surface area contributed by atoms with Crippen molar-refractivity contribution >= 4 is 22.5 Å². The molecular formula is C21H29N3O2. The molecule has 26 heavy (non-hydrogen) atoms. The Kier molecular flexibility index (Phi) is 5.49. The smallest absolute Gasteiger partial charge is 0.319 e. The van der Waals surface area contributed by atoms with Crippen molar-refractivity contribution in [3.8, 4) is 0 Å². The summed E-state index contributed by atoms with van der Waals surface area (Å²) in [6, 6.07) is 13.8.